The highest BCUT2D eigenvalue weighted by atomic mass is 79.9. The van der Waals surface area contributed by atoms with Gasteiger partial charge < -0.3 is 9.90 Å². The Morgan fingerprint density at radius 2 is 2.12 bits per heavy atom. The summed E-state index contributed by atoms with van der Waals surface area (Å²) in [6.45, 7) is 0. The summed E-state index contributed by atoms with van der Waals surface area (Å²) < 4.78 is 10.2. The van der Waals surface area contributed by atoms with Crippen LogP contribution in [0, 0.1) is 0 Å². The minimum absolute atomic E-state index is 0.252. The van der Waals surface area contributed by atoms with Gasteiger partial charge in [0, 0.05) is 15.1 Å². The average molecular weight is 399 g/mol. The number of halogens is 2. The Balaban J connectivity index is 2.28. The maximum atomic E-state index is 8.71. The van der Waals surface area contributed by atoms with E-state index in [9.17, 15) is 0 Å². The van der Waals surface area contributed by atoms with E-state index in [2.05, 4.69) is 40.6 Å². The average Bonchev–Trinajstić information content (AvgIpc) is 2.74. The number of nitrogens with zero attached hydrogens (tertiary/aromatic N) is 2. The Kier molecular flexibility index (Phi) is 4.40. The molecule has 0 bridgehead atoms. The van der Waals surface area contributed by atoms with Crippen molar-refractivity contribution < 1.29 is 9.90 Å². The molecule has 0 aliphatic heterocycles. The van der Waals surface area contributed by atoms with E-state index >= 15 is 0 Å². The Labute approximate surface area is 122 Å². The van der Waals surface area contributed by atoms with Gasteiger partial charge in [0.15, 0.2) is 0 Å². The van der Waals surface area contributed by atoms with E-state index in [-0.39, 0.29) is 6.42 Å². The van der Waals surface area contributed by atoms with Crippen LogP contribution in [0.15, 0.2) is 19.9 Å². The van der Waals surface area contributed by atoms with Crippen LogP contribution in [-0.4, -0.2) is 30.4 Å². The standard InChI is InChI=1S/C9H6Br2N2O2S2/c10-4-3-5(16-2-1-6(14)15)7(11)9-8(4)12-17-13-9/h3H,1-2H2,(H,14,15)/p+1. The monoisotopic (exact) mass is 397 g/mol. The molecule has 0 saturated heterocycles. The van der Waals surface area contributed by atoms with Crippen molar-refractivity contribution in [2.24, 2.45) is 0 Å². The minimum atomic E-state index is -0.538. The number of rotatable bonds is 4. The summed E-state index contributed by atoms with van der Waals surface area (Å²) in [4.78, 5) is 9.71. The number of fused-ring (bicyclic) bond motifs is 1. The molecule has 0 unspecified atom stereocenters. The Bertz CT molecular complexity index is 573. The van der Waals surface area contributed by atoms with Gasteiger partial charge in [-0.25, -0.2) is 0 Å². The minimum Gasteiger partial charge on any atom is -0.339 e. The van der Waals surface area contributed by atoms with Crippen LogP contribution in [0.1, 0.15) is 6.42 Å². The van der Waals surface area contributed by atoms with Gasteiger partial charge in [0.25, 0.3) is 0 Å². The molecule has 2 rings (SSSR count). The molecule has 0 aliphatic carbocycles. The fourth-order valence-electron chi connectivity index (χ4n) is 1.21. The number of thioether (sulfide) groups is 1. The fourth-order valence-corrected chi connectivity index (χ4v) is 4.33. The molecule has 2 N–H and O–H groups in total. The van der Waals surface area contributed by atoms with Crippen molar-refractivity contribution in [2.45, 2.75) is 11.3 Å². The number of hydrogen-bond acceptors (Lipinski definition) is 4. The highest BCUT2D eigenvalue weighted by Crippen LogP contribution is 2.37. The molecule has 0 aliphatic rings. The molecule has 1 aromatic carbocycles. The van der Waals surface area contributed by atoms with Crippen molar-refractivity contribution in [3.05, 3.63) is 15.0 Å². The third-order valence-electron chi connectivity index (χ3n) is 1.98. The van der Waals surface area contributed by atoms with E-state index in [4.69, 9.17) is 9.90 Å². The van der Waals surface area contributed by atoms with Gasteiger partial charge in [-0.2, -0.15) is 8.75 Å². The molecule has 0 atom stereocenters. The summed E-state index contributed by atoms with van der Waals surface area (Å²) in [6, 6.07) is 1.95. The Morgan fingerprint density at radius 1 is 1.41 bits per heavy atom. The highest BCUT2D eigenvalue weighted by Gasteiger charge is 2.14. The first-order valence-corrected chi connectivity index (χ1v) is 7.86. The molecule has 8 heteroatoms. The second-order valence-electron chi connectivity index (χ2n) is 3.15. The van der Waals surface area contributed by atoms with Crippen molar-refractivity contribution >= 4 is 72.4 Å². The van der Waals surface area contributed by atoms with Gasteiger partial charge in [0.05, 0.1) is 16.2 Å². The number of carboxylic acid groups (broad SMARTS) is 1. The predicted molar refractivity (Wildman–Crippen MR) is 77.7 cm³/mol. The number of aliphatic hydroxyl groups excluding tert-OH is 1. The molecule has 4 nitrogen and oxygen atoms in total. The molecule has 1 aromatic heterocycles. The first kappa shape index (κ1) is 13.3. The lowest BCUT2D eigenvalue weighted by Gasteiger charge is -2.04. The summed E-state index contributed by atoms with van der Waals surface area (Å²) >= 11 is 9.63. The largest absolute Gasteiger partial charge is 0.481 e. The quantitative estimate of drug-likeness (QED) is 0.628. The zero-order chi connectivity index (χ0) is 12.4. The summed E-state index contributed by atoms with van der Waals surface area (Å²) in [6.07, 6.45) is 0.252. The zero-order valence-electron chi connectivity index (χ0n) is 8.35. The van der Waals surface area contributed by atoms with E-state index < -0.39 is 5.97 Å². The number of hydrogen-bond donors (Lipinski definition) is 1. The topological polar surface area (TPSA) is 67.4 Å². The predicted octanol–water partition coefficient (Wildman–Crippen LogP) is 3.76. The van der Waals surface area contributed by atoms with Gasteiger partial charge in [-0.3, -0.25) is 0 Å². The van der Waals surface area contributed by atoms with Crippen LogP contribution >= 0.6 is 55.3 Å². The first-order valence-electron chi connectivity index (χ1n) is 4.56. The molecule has 1 heterocycles. The van der Waals surface area contributed by atoms with Crippen molar-refractivity contribution in [1.29, 1.82) is 0 Å². The number of benzene rings is 1. The third kappa shape index (κ3) is 2.98. The van der Waals surface area contributed by atoms with Gasteiger partial charge in [-0.1, -0.05) is 0 Å². The number of carboxylic acids is 1. The van der Waals surface area contributed by atoms with Crippen LogP contribution in [-0.2, 0) is 0 Å². The van der Waals surface area contributed by atoms with Crippen LogP contribution < -0.4 is 0 Å². The molecular formula is C9H7Br2N2O2S2+. The Hall–Kier alpha value is -0.180. The molecule has 0 spiro atoms. The van der Waals surface area contributed by atoms with Gasteiger partial charge >= 0.3 is 5.97 Å². The molecule has 2 aromatic rings. The smallest absolute Gasteiger partial charge is 0.339 e. The van der Waals surface area contributed by atoms with E-state index in [1.165, 1.54) is 23.5 Å². The normalized spacial score (nSPS) is 10.9. The van der Waals surface area contributed by atoms with Crippen molar-refractivity contribution in [3.8, 4) is 0 Å². The second kappa shape index (κ2) is 5.64. The summed E-state index contributed by atoms with van der Waals surface area (Å²) in [5, 5.41) is 8.71. The molecule has 0 fully saturated rings. The molecular weight excluding hydrogens is 392 g/mol. The maximum absolute atomic E-state index is 8.71. The first-order chi connectivity index (χ1) is 8.09. The van der Waals surface area contributed by atoms with Crippen molar-refractivity contribution in [1.82, 2.24) is 8.75 Å². The molecule has 0 amide bonds. The number of aromatic nitrogens is 2. The number of aliphatic carboxylic acids is 1. The summed E-state index contributed by atoms with van der Waals surface area (Å²) in [5.74, 6) is 0.0558. The third-order valence-corrected chi connectivity index (χ3v) is 5.22. The van der Waals surface area contributed by atoms with Gasteiger partial charge in [0.2, 0.25) is 0 Å². The van der Waals surface area contributed by atoms with E-state index in [0.717, 1.165) is 24.9 Å². The molecule has 0 saturated carbocycles. The molecule has 0 radical (unpaired) electrons. The molecule has 17 heavy (non-hydrogen) atoms. The molecule has 90 valence electrons. The lowest BCUT2D eigenvalue weighted by atomic mass is 10.3. The van der Waals surface area contributed by atoms with Crippen molar-refractivity contribution in [2.75, 3.05) is 5.75 Å². The van der Waals surface area contributed by atoms with Crippen LogP contribution in [0.3, 0.4) is 0 Å². The maximum Gasteiger partial charge on any atom is 0.481 e. The summed E-state index contributed by atoms with van der Waals surface area (Å²) in [5.41, 5.74) is 1.66. The fraction of sp³-hybridized carbons (Fsp3) is 0.222. The van der Waals surface area contributed by atoms with Crippen LogP contribution in [0.2, 0.25) is 0 Å². The van der Waals surface area contributed by atoms with Gasteiger partial charge in [-0.05, 0) is 37.9 Å². The lowest BCUT2D eigenvalue weighted by Crippen LogP contribution is -1.96. The van der Waals surface area contributed by atoms with Crippen LogP contribution in [0.25, 0.3) is 11.0 Å². The van der Waals surface area contributed by atoms with E-state index in [0.29, 0.717) is 5.75 Å². The summed E-state index contributed by atoms with van der Waals surface area (Å²) in [7, 11) is 0. The van der Waals surface area contributed by atoms with Crippen LogP contribution in [0.5, 0.6) is 0 Å². The Morgan fingerprint density at radius 3 is 2.82 bits per heavy atom. The highest BCUT2D eigenvalue weighted by molar-refractivity contribution is 9.11. The van der Waals surface area contributed by atoms with E-state index in [1.54, 1.807) is 0 Å². The van der Waals surface area contributed by atoms with Gasteiger partial charge in [-0.15, -0.1) is 11.8 Å². The lowest BCUT2D eigenvalue weighted by molar-refractivity contribution is 0.444. The second-order valence-corrected chi connectivity index (χ2v) is 6.46. The van der Waals surface area contributed by atoms with Crippen LogP contribution in [0.4, 0.5) is 0 Å². The zero-order valence-corrected chi connectivity index (χ0v) is 13.2. The van der Waals surface area contributed by atoms with Gasteiger partial charge in [0.1, 0.15) is 17.5 Å². The van der Waals surface area contributed by atoms with Crippen molar-refractivity contribution in [3.63, 3.8) is 0 Å². The SMILES string of the molecule is OC(=[OH+])CCSc1cc(Br)c2nsnc2c1Br. The van der Waals surface area contributed by atoms with E-state index in [1.807, 2.05) is 6.07 Å².